The van der Waals surface area contributed by atoms with Crippen LogP contribution in [0.1, 0.15) is 296 Å². The molecule has 0 aliphatic heterocycles. The summed E-state index contributed by atoms with van der Waals surface area (Å²) in [5.41, 5.74) is 0. The van der Waals surface area contributed by atoms with E-state index in [1.165, 1.54) is 225 Å². The van der Waals surface area contributed by atoms with Crippen LogP contribution in [0.15, 0.2) is 48.6 Å². The quantitative estimate of drug-likeness (QED) is 0.0272. The van der Waals surface area contributed by atoms with Gasteiger partial charge in [-0.15, -0.1) is 0 Å². The molecule has 0 fully saturated rings. The predicted octanol–water partition coefficient (Wildman–Crippen LogP) is 18.5. The largest absolute Gasteiger partial charge is 0.756 e. The number of nitrogens with zero attached hydrogens (tertiary/aromatic N) is 1. The molecule has 1 amide bonds. The average molecular weight is 1030 g/mol. The highest BCUT2D eigenvalue weighted by Crippen LogP contribution is 2.38. The molecule has 0 saturated carbocycles. The van der Waals surface area contributed by atoms with Crippen LogP contribution in [0.3, 0.4) is 0 Å². The van der Waals surface area contributed by atoms with Gasteiger partial charge in [0.05, 0.1) is 39.9 Å². The number of carbonyl (C=O) groups is 1. The second kappa shape index (κ2) is 54.3. The molecule has 0 aromatic rings. The van der Waals surface area contributed by atoms with Crippen molar-refractivity contribution in [2.24, 2.45) is 0 Å². The first-order valence-electron chi connectivity index (χ1n) is 31.0. The summed E-state index contributed by atoms with van der Waals surface area (Å²) in [6, 6.07) is -0.888. The summed E-state index contributed by atoms with van der Waals surface area (Å²) in [4.78, 5) is 25.5. The lowest BCUT2D eigenvalue weighted by Crippen LogP contribution is -2.45. The smallest absolute Gasteiger partial charge is 0.268 e. The van der Waals surface area contributed by atoms with Crippen molar-refractivity contribution in [3.63, 3.8) is 0 Å². The number of aliphatic hydroxyl groups is 1. The third kappa shape index (κ3) is 56.2. The fraction of sp³-hybridized carbons (Fsp3) is 0.857. The number of rotatable bonds is 57. The van der Waals surface area contributed by atoms with Crippen molar-refractivity contribution in [1.82, 2.24) is 5.32 Å². The van der Waals surface area contributed by atoms with Crippen LogP contribution in [0.25, 0.3) is 0 Å². The first-order valence-corrected chi connectivity index (χ1v) is 32.5. The fourth-order valence-corrected chi connectivity index (χ4v) is 9.89. The molecular formula is C63H121N2O6P. The van der Waals surface area contributed by atoms with Crippen molar-refractivity contribution >= 4 is 13.7 Å². The molecule has 0 aliphatic carbocycles. The number of phosphoric ester groups is 1. The molecule has 9 heteroatoms. The minimum Gasteiger partial charge on any atom is -0.756 e. The van der Waals surface area contributed by atoms with Crippen molar-refractivity contribution in [3.05, 3.63) is 48.6 Å². The topological polar surface area (TPSA) is 108 Å². The summed E-state index contributed by atoms with van der Waals surface area (Å²) in [7, 11) is 1.27. The lowest BCUT2D eigenvalue weighted by Gasteiger charge is -2.29. The van der Waals surface area contributed by atoms with Gasteiger partial charge in [0, 0.05) is 6.42 Å². The Balaban J connectivity index is 4.14. The Bertz CT molecular complexity index is 1310. The lowest BCUT2D eigenvalue weighted by molar-refractivity contribution is -0.870. The Morgan fingerprint density at radius 1 is 0.486 bits per heavy atom. The molecule has 3 atom stereocenters. The number of amides is 1. The number of aliphatic hydroxyl groups excluding tert-OH is 1. The zero-order valence-corrected chi connectivity index (χ0v) is 49.3. The number of nitrogens with one attached hydrogen (secondary N) is 1. The number of hydrogen-bond acceptors (Lipinski definition) is 6. The minimum absolute atomic E-state index is 0.000935. The summed E-state index contributed by atoms with van der Waals surface area (Å²) in [5, 5.41) is 13.9. The second-order valence-electron chi connectivity index (χ2n) is 22.4. The van der Waals surface area contributed by atoms with Crippen LogP contribution in [0.4, 0.5) is 0 Å². The van der Waals surface area contributed by atoms with Gasteiger partial charge in [-0.1, -0.05) is 281 Å². The van der Waals surface area contributed by atoms with Crippen molar-refractivity contribution in [2.75, 3.05) is 40.9 Å². The first kappa shape index (κ1) is 70.5. The molecule has 0 aliphatic rings. The molecule has 424 valence electrons. The van der Waals surface area contributed by atoms with Crippen molar-refractivity contribution in [1.29, 1.82) is 0 Å². The van der Waals surface area contributed by atoms with Gasteiger partial charge in [-0.3, -0.25) is 9.36 Å². The van der Waals surface area contributed by atoms with E-state index in [9.17, 15) is 19.4 Å². The fourth-order valence-electron chi connectivity index (χ4n) is 9.16. The summed E-state index contributed by atoms with van der Waals surface area (Å²) >= 11 is 0. The molecule has 0 saturated heterocycles. The van der Waals surface area contributed by atoms with Gasteiger partial charge in [0.25, 0.3) is 7.82 Å². The van der Waals surface area contributed by atoms with Gasteiger partial charge in [-0.05, 0) is 57.8 Å². The molecule has 0 aromatic heterocycles. The highest BCUT2D eigenvalue weighted by molar-refractivity contribution is 7.45. The van der Waals surface area contributed by atoms with Gasteiger partial charge in [0.1, 0.15) is 13.2 Å². The Morgan fingerprint density at radius 3 is 1.17 bits per heavy atom. The predicted molar refractivity (Wildman–Crippen MR) is 311 cm³/mol. The van der Waals surface area contributed by atoms with Crippen LogP contribution in [0, 0.1) is 0 Å². The third-order valence-corrected chi connectivity index (χ3v) is 15.0. The maximum Gasteiger partial charge on any atom is 0.268 e. The van der Waals surface area contributed by atoms with Gasteiger partial charge in [-0.2, -0.15) is 0 Å². The Kier molecular flexibility index (Phi) is 53.1. The summed E-state index contributed by atoms with van der Waals surface area (Å²) in [5.74, 6) is -0.195. The maximum absolute atomic E-state index is 13.0. The highest BCUT2D eigenvalue weighted by atomic mass is 31.2. The van der Waals surface area contributed by atoms with Crippen LogP contribution >= 0.6 is 7.82 Å². The van der Waals surface area contributed by atoms with Crippen LogP contribution in [-0.4, -0.2) is 68.5 Å². The van der Waals surface area contributed by atoms with Crippen LogP contribution in [-0.2, 0) is 18.4 Å². The van der Waals surface area contributed by atoms with E-state index < -0.39 is 20.0 Å². The van der Waals surface area contributed by atoms with Crippen molar-refractivity contribution in [3.8, 4) is 0 Å². The van der Waals surface area contributed by atoms with Gasteiger partial charge in [0.2, 0.25) is 5.91 Å². The van der Waals surface area contributed by atoms with E-state index in [0.29, 0.717) is 17.4 Å². The number of hydrogen-bond donors (Lipinski definition) is 2. The standard InChI is InChI=1S/C63H121N2O6P/c1-6-8-10-12-14-16-18-20-22-24-26-28-29-30-31-32-33-34-35-37-39-41-43-45-47-49-51-53-55-57-63(67)64-61(60-71-72(68,69)70-59-58-65(3,4)5)62(66)56-54-52-50-48-46-44-42-40-38-36-27-25-23-21-19-17-15-13-11-9-7-2/h18,20,24,26,29-30,54,56,61-62,66H,6-17,19,21-23,25,27-28,31-53,55,57-60H2,1-5H3,(H-,64,67,68,69)/b20-18-,26-24-,30-29-,56-54+. The number of likely N-dealkylation sites (N-methyl/N-ethyl adjacent to an activating group) is 1. The van der Waals surface area contributed by atoms with E-state index in [1.54, 1.807) is 6.08 Å². The molecule has 0 bridgehead atoms. The van der Waals surface area contributed by atoms with E-state index in [4.69, 9.17) is 9.05 Å². The van der Waals surface area contributed by atoms with Crippen molar-refractivity contribution in [2.45, 2.75) is 309 Å². The first-order chi connectivity index (χ1) is 35.0. The van der Waals surface area contributed by atoms with Crippen LogP contribution in [0.5, 0.6) is 0 Å². The maximum atomic E-state index is 13.0. The van der Waals surface area contributed by atoms with E-state index in [0.717, 1.165) is 51.4 Å². The number of phosphoric acid groups is 1. The molecular weight excluding hydrogens is 912 g/mol. The molecule has 0 rings (SSSR count). The number of allylic oxidation sites excluding steroid dienone is 7. The SMILES string of the molecule is CCCCCCC/C=C\C/C=C\C/C=C\CCCCCCCCCCCCCCCCC(=O)NC(COP(=O)([O-])OCC[N+](C)(C)C)C(O)/C=C/CCCCCCCCCCCCCCCCCCCCC. The highest BCUT2D eigenvalue weighted by Gasteiger charge is 2.23. The van der Waals surface area contributed by atoms with Crippen molar-refractivity contribution < 1.29 is 32.9 Å². The zero-order valence-electron chi connectivity index (χ0n) is 48.4. The molecule has 8 nitrogen and oxygen atoms in total. The molecule has 72 heavy (non-hydrogen) atoms. The van der Waals surface area contributed by atoms with Gasteiger partial charge >= 0.3 is 0 Å². The van der Waals surface area contributed by atoms with Gasteiger partial charge in [-0.25, -0.2) is 0 Å². The van der Waals surface area contributed by atoms with Gasteiger partial charge < -0.3 is 28.8 Å². The van der Waals surface area contributed by atoms with Crippen LogP contribution < -0.4 is 10.2 Å². The minimum atomic E-state index is -4.60. The molecule has 0 spiro atoms. The molecule has 0 aromatic carbocycles. The number of unbranched alkanes of at least 4 members (excludes halogenated alkanes) is 38. The monoisotopic (exact) mass is 1030 g/mol. The Labute approximate surface area is 448 Å². The third-order valence-electron chi connectivity index (χ3n) is 14.0. The molecule has 0 radical (unpaired) electrons. The lowest BCUT2D eigenvalue weighted by atomic mass is 10.0. The number of carbonyl (C=O) groups excluding carboxylic acids is 1. The summed E-state index contributed by atoms with van der Waals surface area (Å²) in [6.07, 6.45) is 71.9. The zero-order chi connectivity index (χ0) is 52.7. The van der Waals surface area contributed by atoms with Gasteiger partial charge in [0.15, 0.2) is 0 Å². The second-order valence-corrected chi connectivity index (χ2v) is 23.8. The molecule has 3 unspecified atom stereocenters. The van der Waals surface area contributed by atoms with E-state index in [1.807, 2.05) is 27.2 Å². The Hall–Kier alpha value is -1.54. The van der Waals surface area contributed by atoms with E-state index >= 15 is 0 Å². The summed E-state index contributed by atoms with van der Waals surface area (Å²) in [6.45, 7) is 4.67. The normalized spacial score (nSPS) is 14.2. The summed E-state index contributed by atoms with van der Waals surface area (Å²) < 4.78 is 23.4. The van der Waals surface area contributed by atoms with E-state index in [2.05, 4.69) is 55.6 Å². The van der Waals surface area contributed by atoms with Crippen LogP contribution in [0.2, 0.25) is 0 Å². The average Bonchev–Trinajstić information content (AvgIpc) is 3.34. The molecule has 0 heterocycles. The Morgan fingerprint density at radius 2 is 0.806 bits per heavy atom. The number of quaternary nitrogens is 1. The van der Waals surface area contributed by atoms with E-state index in [-0.39, 0.29) is 19.1 Å². The molecule has 2 N–H and O–H groups in total.